The molecule has 0 aliphatic carbocycles. The van der Waals surface area contributed by atoms with Crippen molar-refractivity contribution < 1.29 is 9.53 Å². The minimum atomic E-state index is 0.0917. The van der Waals surface area contributed by atoms with Crippen LogP contribution in [-0.4, -0.2) is 26.1 Å². The van der Waals surface area contributed by atoms with E-state index in [9.17, 15) is 4.79 Å². The fourth-order valence-corrected chi connectivity index (χ4v) is 2.15. The smallest absolute Gasteiger partial charge is 0.223 e. The molecule has 104 valence electrons. The van der Waals surface area contributed by atoms with Crippen LogP contribution < -0.4 is 10.6 Å². The van der Waals surface area contributed by atoms with Gasteiger partial charge in [0, 0.05) is 19.6 Å². The lowest BCUT2D eigenvalue weighted by Gasteiger charge is -2.31. The van der Waals surface area contributed by atoms with Gasteiger partial charge >= 0.3 is 0 Å². The molecule has 0 saturated carbocycles. The summed E-state index contributed by atoms with van der Waals surface area (Å²) >= 11 is 0. The van der Waals surface area contributed by atoms with Crippen molar-refractivity contribution in [2.45, 2.75) is 20.1 Å². The van der Waals surface area contributed by atoms with Crippen LogP contribution in [0.15, 0.2) is 24.3 Å². The van der Waals surface area contributed by atoms with Crippen LogP contribution in [0, 0.1) is 11.8 Å². The second-order valence-corrected chi connectivity index (χ2v) is 5.17. The van der Waals surface area contributed by atoms with Crippen molar-refractivity contribution in [3.8, 4) is 0 Å². The first-order valence-electron chi connectivity index (χ1n) is 6.76. The van der Waals surface area contributed by atoms with Crippen LogP contribution in [-0.2, 0) is 22.7 Å². The Morgan fingerprint density at radius 1 is 1.37 bits per heavy atom. The molecule has 0 aromatic heterocycles. The monoisotopic (exact) mass is 262 g/mol. The van der Waals surface area contributed by atoms with E-state index in [1.54, 1.807) is 7.11 Å². The van der Waals surface area contributed by atoms with Crippen LogP contribution in [0.5, 0.6) is 0 Å². The molecule has 1 amide bonds. The zero-order valence-electron chi connectivity index (χ0n) is 11.6. The molecule has 4 nitrogen and oxygen atoms in total. The van der Waals surface area contributed by atoms with Gasteiger partial charge in [-0.25, -0.2) is 0 Å². The van der Waals surface area contributed by atoms with Gasteiger partial charge < -0.3 is 15.4 Å². The van der Waals surface area contributed by atoms with E-state index < -0.39 is 0 Å². The van der Waals surface area contributed by atoms with Crippen molar-refractivity contribution >= 4 is 5.91 Å². The summed E-state index contributed by atoms with van der Waals surface area (Å²) in [5.74, 6) is 0.727. The number of carbonyl (C=O) groups is 1. The topological polar surface area (TPSA) is 50.4 Å². The van der Waals surface area contributed by atoms with E-state index in [0.29, 0.717) is 19.1 Å². The van der Waals surface area contributed by atoms with Crippen LogP contribution in [0.2, 0.25) is 0 Å². The van der Waals surface area contributed by atoms with Crippen LogP contribution in [0.3, 0.4) is 0 Å². The summed E-state index contributed by atoms with van der Waals surface area (Å²) in [4.78, 5) is 12.0. The Hall–Kier alpha value is -1.39. The lowest BCUT2D eigenvalue weighted by molar-refractivity contribution is -0.126. The number of rotatable bonds is 6. The van der Waals surface area contributed by atoms with Crippen LogP contribution in [0.1, 0.15) is 18.1 Å². The third kappa shape index (κ3) is 3.78. The molecule has 0 bridgehead atoms. The van der Waals surface area contributed by atoms with Crippen molar-refractivity contribution in [2.75, 3.05) is 20.2 Å². The quantitative estimate of drug-likeness (QED) is 0.812. The lowest BCUT2D eigenvalue weighted by atomic mass is 9.88. The standard InChI is InChI=1S/C15H22N2O2/c1-11(14-8-16-9-14)15(18)17-7-12-3-5-13(6-4-12)10-19-2/h3-6,11,14,16H,7-10H2,1-2H3,(H,17,18). The summed E-state index contributed by atoms with van der Waals surface area (Å²) in [6.07, 6.45) is 0. The molecule has 1 heterocycles. The molecule has 1 atom stereocenters. The summed E-state index contributed by atoms with van der Waals surface area (Å²) in [6, 6.07) is 8.13. The Morgan fingerprint density at radius 2 is 2.00 bits per heavy atom. The predicted molar refractivity (Wildman–Crippen MR) is 74.5 cm³/mol. The molecule has 1 aromatic rings. The van der Waals surface area contributed by atoms with Crippen LogP contribution in [0.25, 0.3) is 0 Å². The Morgan fingerprint density at radius 3 is 2.53 bits per heavy atom. The maximum absolute atomic E-state index is 12.0. The number of hydrogen-bond acceptors (Lipinski definition) is 3. The second kappa shape index (κ2) is 6.68. The molecule has 2 N–H and O–H groups in total. The van der Waals surface area contributed by atoms with Gasteiger partial charge in [-0.2, -0.15) is 0 Å². The number of nitrogens with one attached hydrogen (secondary N) is 2. The highest BCUT2D eigenvalue weighted by Gasteiger charge is 2.28. The number of amides is 1. The normalized spacial score (nSPS) is 16.7. The number of methoxy groups -OCH3 is 1. The van der Waals surface area contributed by atoms with Gasteiger partial charge in [-0.3, -0.25) is 4.79 Å². The highest BCUT2D eigenvalue weighted by atomic mass is 16.5. The second-order valence-electron chi connectivity index (χ2n) is 5.17. The van der Waals surface area contributed by atoms with Gasteiger partial charge in [0.15, 0.2) is 0 Å². The highest BCUT2D eigenvalue weighted by Crippen LogP contribution is 2.16. The minimum Gasteiger partial charge on any atom is -0.380 e. The molecule has 1 aliphatic rings. The number of carbonyl (C=O) groups excluding carboxylic acids is 1. The lowest BCUT2D eigenvalue weighted by Crippen LogP contribution is -2.49. The van der Waals surface area contributed by atoms with E-state index in [2.05, 4.69) is 10.6 Å². The highest BCUT2D eigenvalue weighted by molar-refractivity contribution is 5.78. The molecule has 1 aliphatic heterocycles. The van der Waals surface area contributed by atoms with E-state index >= 15 is 0 Å². The molecule has 19 heavy (non-hydrogen) atoms. The summed E-state index contributed by atoms with van der Waals surface area (Å²) in [5.41, 5.74) is 2.26. The predicted octanol–water partition coefficient (Wildman–Crippen LogP) is 1.30. The number of hydrogen-bond donors (Lipinski definition) is 2. The summed E-state index contributed by atoms with van der Waals surface area (Å²) < 4.78 is 5.07. The van der Waals surface area contributed by atoms with Crippen LogP contribution >= 0.6 is 0 Å². The van der Waals surface area contributed by atoms with Crippen molar-refractivity contribution in [1.82, 2.24) is 10.6 Å². The molecule has 1 saturated heterocycles. The Bertz CT molecular complexity index is 413. The van der Waals surface area contributed by atoms with Crippen molar-refractivity contribution in [1.29, 1.82) is 0 Å². The Kier molecular flexibility index (Phi) is 4.93. The number of ether oxygens (including phenoxy) is 1. The van der Waals surface area contributed by atoms with Crippen LogP contribution in [0.4, 0.5) is 0 Å². The van der Waals surface area contributed by atoms with Gasteiger partial charge in [-0.1, -0.05) is 31.2 Å². The van der Waals surface area contributed by atoms with Crippen molar-refractivity contribution in [3.63, 3.8) is 0 Å². The molecular formula is C15H22N2O2. The van der Waals surface area contributed by atoms with Gasteiger partial charge in [0.2, 0.25) is 5.91 Å². The molecule has 2 rings (SSSR count). The molecule has 1 unspecified atom stereocenters. The first kappa shape index (κ1) is 14.0. The Labute approximate surface area is 114 Å². The SMILES string of the molecule is COCc1ccc(CNC(=O)C(C)C2CNC2)cc1. The molecule has 0 radical (unpaired) electrons. The first-order chi connectivity index (χ1) is 9.20. The van der Waals surface area contributed by atoms with Gasteiger partial charge in [0.05, 0.1) is 6.61 Å². The zero-order valence-corrected chi connectivity index (χ0v) is 11.6. The maximum atomic E-state index is 12.0. The largest absolute Gasteiger partial charge is 0.380 e. The van der Waals surface area contributed by atoms with E-state index in [-0.39, 0.29) is 11.8 Å². The number of benzene rings is 1. The fraction of sp³-hybridized carbons (Fsp3) is 0.533. The first-order valence-corrected chi connectivity index (χ1v) is 6.76. The summed E-state index contributed by atoms with van der Waals surface area (Å²) in [7, 11) is 1.69. The van der Waals surface area contributed by atoms with E-state index in [1.165, 1.54) is 0 Å². The van der Waals surface area contributed by atoms with Gasteiger partial charge in [0.1, 0.15) is 0 Å². The molecule has 1 aromatic carbocycles. The Balaban J connectivity index is 1.79. The van der Waals surface area contributed by atoms with Gasteiger partial charge in [0.25, 0.3) is 0 Å². The summed E-state index contributed by atoms with van der Waals surface area (Å²) in [5, 5.41) is 6.20. The van der Waals surface area contributed by atoms with Gasteiger partial charge in [-0.05, 0) is 30.1 Å². The van der Waals surface area contributed by atoms with E-state index in [1.807, 2.05) is 31.2 Å². The fourth-order valence-electron chi connectivity index (χ4n) is 2.15. The summed E-state index contributed by atoms with van der Waals surface area (Å²) in [6.45, 7) is 5.14. The third-order valence-corrected chi connectivity index (χ3v) is 3.73. The van der Waals surface area contributed by atoms with Crippen molar-refractivity contribution in [2.24, 2.45) is 11.8 Å². The van der Waals surface area contributed by atoms with Crippen molar-refractivity contribution in [3.05, 3.63) is 35.4 Å². The average Bonchev–Trinajstić information content (AvgIpc) is 2.36. The van der Waals surface area contributed by atoms with E-state index in [0.717, 1.165) is 24.2 Å². The molecule has 0 spiro atoms. The minimum absolute atomic E-state index is 0.0917. The van der Waals surface area contributed by atoms with E-state index in [4.69, 9.17) is 4.74 Å². The molecule has 1 fully saturated rings. The maximum Gasteiger partial charge on any atom is 0.223 e. The molecule has 4 heteroatoms. The molecular weight excluding hydrogens is 240 g/mol. The zero-order chi connectivity index (χ0) is 13.7. The van der Waals surface area contributed by atoms with Gasteiger partial charge in [-0.15, -0.1) is 0 Å². The third-order valence-electron chi connectivity index (χ3n) is 3.73. The average molecular weight is 262 g/mol.